The molecule has 0 saturated carbocycles. The van der Waals surface area contributed by atoms with E-state index in [1.54, 1.807) is 30.4 Å². The number of nitrogens with two attached hydrogens (primary N) is 1. The van der Waals surface area contributed by atoms with Gasteiger partial charge in [0.05, 0.1) is 0 Å². The zero-order valence-corrected chi connectivity index (χ0v) is 17.6. The lowest BCUT2D eigenvalue weighted by molar-refractivity contribution is -0.157. The first-order valence-electron chi connectivity index (χ1n) is 10.2. The van der Waals surface area contributed by atoms with Gasteiger partial charge >= 0.3 is 11.9 Å². The van der Waals surface area contributed by atoms with Crippen LogP contribution >= 0.6 is 0 Å². The second kappa shape index (κ2) is 7.45. The van der Waals surface area contributed by atoms with Gasteiger partial charge in [-0.25, -0.2) is 14.2 Å². The zero-order chi connectivity index (χ0) is 22.6. The maximum absolute atomic E-state index is 14.8. The molecule has 1 atom stereocenters. The Bertz CT molecular complexity index is 1240. The van der Waals surface area contributed by atoms with Crippen LogP contribution in [0.1, 0.15) is 5.56 Å². The number of primary amides is 1. The monoisotopic (exact) mass is 439 g/mol. The molecular weight excluding hydrogens is 417 g/mol. The average Bonchev–Trinajstić information content (AvgIpc) is 3.27. The summed E-state index contributed by atoms with van der Waals surface area (Å²) in [5.41, 5.74) is 7.61. The molecule has 166 valence electrons. The standard InChI is InChI=1S/C21H22FN7O3/c1-24-12-9-28(10-12)16-3-4-25-20-14(16)7-17(32-21(31)19(23)30)29(20)13-5-11-8-27(2)26-18(11)15(22)6-13/h3-6,8,12,17,24H,7,9-10H2,1-2H3,(H2,23,30). The van der Waals surface area contributed by atoms with Crippen molar-refractivity contribution in [3.8, 4) is 0 Å². The molecule has 0 aliphatic carbocycles. The van der Waals surface area contributed by atoms with Gasteiger partial charge in [-0.3, -0.25) is 14.4 Å². The second-order valence-electron chi connectivity index (χ2n) is 7.99. The average molecular weight is 439 g/mol. The summed E-state index contributed by atoms with van der Waals surface area (Å²) in [7, 11) is 3.63. The van der Waals surface area contributed by atoms with E-state index in [0.29, 0.717) is 22.9 Å². The molecular formula is C21H22FN7O3. The lowest BCUT2D eigenvalue weighted by Crippen LogP contribution is -2.57. The lowest BCUT2D eigenvalue weighted by Gasteiger charge is -2.41. The molecule has 2 aromatic heterocycles. The van der Waals surface area contributed by atoms with Gasteiger partial charge in [0.1, 0.15) is 11.3 Å². The fraction of sp³-hybridized carbons (Fsp3) is 0.333. The summed E-state index contributed by atoms with van der Waals surface area (Å²) >= 11 is 0. The van der Waals surface area contributed by atoms with Crippen LogP contribution in [0.25, 0.3) is 10.9 Å². The van der Waals surface area contributed by atoms with Crippen molar-refractivity contribution >= 4 is 40.0 Å². The van der Waals surface area contributed by atoms with E-state index >= 15 is 0 Å². The molecule has 1 fully saturated rings. The summed E-state index contributed by atoms with van der Waals surface area (Å²) in [6, 6.07) is 5.37. The Kier molecular flexibility index (Phi) is 4.70. The van der Waals surface area contributed by atoms with Crippen molar-refractivity contribution in [3.63, 3.8) is 0 Å². The van der Waals surface area contributed by atoms with Crippen molar-refractivity contribution in [1.29, 1.82) is 0 Å². The maximum atomic E-state index is 14.8. The van der Waals surface area contributed by atoms with Crippen LogP contribution in [-0.4, -0.2) is 59.0 Å². The Hall–Kier alpha value is -3.73. The van der Waals surface area contributed by atoms with E-state index in [1.807, 2.05) is 13.1 Å². The van der Waals surface area contributed by atoms with E-state index in [-0.39, 0.29) is 11.9 Å². The number of pyridine rings is 1. The van der Waals surface area contributed by atoms with Gasteiger partial charge in [-0.2, -0.15) is 5.10 Å². The highest BCUT2D eigenvalue weighted by Crippen LogP contribution is 2.43. The van der Waals surface area contributed by atoms with Crippen molar-refractivity contribution in [2.75, 3.05) is 29.9 Å². The van der Waals surface area contributed by atoms with Crippen LogP contribution in [0.3, 0.4) is 0 Å². The number of halogens is 1. The van der Waals surface area contributed by atoms with Crippen molar-refractivity contribution in [2.45, 2.75) is 18.7 Å². The van der Waals surface area contributed by atoms with Gasteiger partial charge in [-0.1, -0.05) is 0 Å². The molecule has 0 bridgehead atoms. The molecule has 4 heterocycles. The molecule has 11 heteroatoms. The maximum Gasteiger partial charge on any atom is 0.398 e. The van der Waals surface area contributed by atoms with Crippen LogP contribution in [0, 0.1) is 5.82 Å². The molecule has 5 rings (SSSR count). The summed E-state index contributed by atoms with van der Waals surface area (Å²) in [6.45, 7) is 1.66. The normalized spacial score (nSPS) is 18.0. The van der Waals surface area contributed by atoms with Crippen LogP contribution in [-0.2, 0) is 27.8 Å². The number of anilines is 3. The topological polar surface area (TPSA) is 119 Å². The molecule has 1 unspecified atom stereocenters. The number of nitrogens with zero attached hydrogens (tertiary/aromatic N) is 5. The molecule has 3 N–H and O–H groups in total. The quantitative estimate of drug-likeness (QED) is 0.447. The minimum atomic E-state index is -1.19. The third kappa shape index (κ3) is 3.21. The van der Waals surface area contributed by atoms with E-state index in [9.17, 15) is 14.0 Å². The highest BCUT2D eigenvalue weighted by atomic mass is 19.1. The van der Waals surface area contributed by atoms with Gasteiger partial charge in [-0.15, -0.1) is 0 Å². The number of esters is 1. The summed E-state index contributed by atoms with van der Waals surface area (Å²) < 4.78 is 21.8. The van der Waals surface area contributed by atoms with Gasteiger partial charge in [0.2, 0.25) is 0 Å². The number of rotatable bonds is 4. The molecule has 2 aliphatic heterocycles. The fourth-order valence-electron chi connectivity index (χ4n) is 4.33. The van der Waals surface area contributed by atoms with Gasteiger partial charge in [-0.05, 0) is 19.2 Å². The predicted molar refractivity (Wildman–Crippen MR) is 115 cm³/mol. The molecule has 1 amide bonds. The third-order valence-corrected chi connectivity index (χ3v) is 5.92. The Morgan fingerprint density at radius 2 is 2.09 bits per heavy atom. The Balaban J connectivity index is 1.59. The molecule has 32 heavy (non-hydrogen) atoms. The number of aromatic nitrogens is 3. The third-order valence-electron chi connectivity index (χ3n) is 5.92. The molecule has 0 spiro atoms. The number of carbonyl (C=O) groups excluding carboxylic acids is 2. The van der Waals surface area contributed by atoms with Gasteiger partial charge in [0, 0.05) is 73.4 Å². The van der Waals surface area contributed by atoms with Crippen LogP contribution in [0.15, 0.2) is 30.6 Å². The van der Waals surface area contributed by atoms with Crippen molar-refractivity contribution in [2.24, 2.45) is 12.8 Å². The SMILES string of the molecule is CNC1CN(c2ccnc3c2CC(OC(=O)C(N)=O)N3c2cc(F)c3nn(C)cc3c2)C1. The fourth-order valence-corrected chi connectivity index (χ4v) is 4.33. The van der Waals surface area contributed by atoms with Crippen LogP contribution in [0.2, 0.25) is 0 Å². The highest BCUT2D eigenvalue weighted by Gasteiger charge is 2.39. The van der Waals surface area contributed by atoms with Crippen LogP contribution in [0.4, 0.5) is 21.6 Å². The van der Waals surface area contributed by atoms with Gasteiger partial charge in [0.25, 0.3) is 0 Å². The van der Waals surface area contributed by atoms with E-state index in [2.05, 4.69) is 20.3 Å². The van der Waals surface area contributed by atoms with Crippen LogP contribution < -0.4 is 20.9 Å². The van der Waals surface area contributed by atoms with Crippen LogP contribution in [0.5, 0.6) is 0 Å². The largest absolute Gasteiger partial charge is 0.434 e. The van der Waals surface area contributed by atoms with Gasteiger partial charge in [0.15, 0.2) is 12.0 Å². The number of aryl methyl sites for hydroxylation is 1. The first kappa shape index (κ1) is 20.2. The van der Waals surface area contributed by atoms with Gasteiger partial charge < -0.3 is 20.7 Å². The first-order valence-corrected chi connectivity index (χ1v) is 10.2. The number of amides is 1. The molecule has 1 saturated heterocycles. The Labute approximate surface area is 182 Å². The summed E-state index contributed by atoms with van der Waals surface area (Å²) in [4.78, 5) is 31.7. The number of ether oxygens (including phenoxy) is 1. The van der Waals surface area contributed by atoms with E-state index < -0.39 is 23.9 Å². The minimum absolute atomic E-state index is 0.238. The summed E-state index contributed by atoms with van der Waals surface area (Å²) in [5, 5.41) is 7.96. The Morgan fingerprint density at radius 1 is 1.31 bits per heavy atom. The first-order chi connectivity index (χ1) is 15.4. The number of hydrogen-bond acceptors (Lipinski definition) is 8. The Morgan fingerprint density at radius 3 is 2.81 bits per heavy atom. The number of benzene rings is 1. The van der Waals surface area contributed by atoms with Crippen molar-refractivity contribution < 1.29 is 18.7 Å². The van der Waals surface area contributed by atoms with E-state index in [0.717, 1.165) is 24.3 Å². The highest BCUT2D eigenvalue weighted by molar-refractivity contribution is 6.31. The van der Waals surface area contributed by atoms with Crippen molar-refractivity contribution in [3.05, 3.63) is 42.0 Å². The summed E-state index contributed by atoms with van der Waals surface area (Å²) in [5.74, 6) is -2.32. The number of hydrogen-bond donors (Lipinski definition) is 2. The molecule has 1 aromatic carbocycles. The predicted octanol–water partition coefficient (Wildman–Crippen LogP) is 0.564. The summed E-state index contributed by atoms with van der Waals surface area (Å²) in [6.07, 6.45) is 2.76. The molecule has 0 radical (unpaired) electrons. The van der Waals surface area contributed by atoms with E-state index in [4.69, 9.17) is 10.5 Å². The zero-order valence-electron chi connectivity index (χ0n) is 17.6. The minimum Gasteiger partial charge on any atom is -0.434 e. The number of fused-ring (bicyclic) bond motifs is 2. The molecule has 2 aliphatic rings. The molecule has 3 aromatic rings. The van der Waals surface area contributed by atoms with Crippen molar-refractivity contribution in [1.82, 2.24) is 20.1 Å². The smallest absolute Gasteiger partial charge is 0.398 e. The number of nitrogens with one attached hydrogen (secondary N) is 1. The molecule has 10 nitrogen and oxygen atoms in total. The number of carbonyl (C=O) groups is 2. The second-order valence-corrected chi connectivity index (χ2v) is 7.99. The number of likely N-dealkylation sites (N-methyl/N-ethyl adjacent to an activating group) is 1. The van der Waals surface area contributed by atoms with E-state index in [1.165, 1.54) is 10.7 Å². The lowest BCUT2D eigenvalue weighted by atomic mass is 10.0.